The lowest BCUT2D eigenvalue weighted by atomic mass is 9.96. The van der Waals surface area contributed by atoms with Gasteiger partial charge in [0.2, 0.25) is 12.3 Å². The molecule has 3 N–H and O–H groups in total. The molecule has 0 aromatic heterocycles. The monoisotopic (exact) mass is 229 g/mol. The van der Waals surface area contributed by atoms with E-state index in [0.717, 1.165) is 19.4 Å². The van der Waals surface area contributed by atoms with Crippen LogP contribution in [0.3, 0.4) is 0 Å². The molecule has 0 spiro atoms. The third-order valence-corrected chi connectivity index (χ3v) is 2.59. The van der Waals surface area contributed by atoms with Gasteiger partial charge in [0.05, 0.1) is 0 Å². The largest absolute Gasteiger partial charge is 0.357 e. The molecule has 16 heavy (non-hydrogen) atoms. The summed E-state index contributed by atoms with van der Waals surface area (Å²) in [7, 11) is 3.50. The van der Waals surface area contributed by atoms with Crippen molar-refractivity contribution in [3.8, 4) is 0 Å². The molecular formula is C11H23N3O2. The minimum absolute atomic E-state index is 0.132. The van der Waals surface area contributed by atoms with Crippen molar-refractivity contribution in [1.82, 2.24) is 16.0 Å². The van der Waals surface area contributed by atoms with Crippen LogP contribution in [-0.2, 0) is 9.59 Å². The predicted octanol–water partition coefficient (Wildman–Crippen LogP) is -0.127. The molecule has 0 aromatic carbocycles. The van der Waals surface area contributed by atoms with E-state index in [2.05, 4.69) is 22.9 Å². The fourth-order valence-electron chi connectivity index (χ4n) is 1.65. The molecule has 0 aliphatic carbocycles. The van der Waals surface area contributed by atoms with Crippen molar-refractivity contribution in [1.29, 1.82) is 0 Å². The van der Waals surface area contributed by atoms with Crippen LogP contribution in [0.4, 0.5) is 0 Å². The summed E-state index contributed by atoms with van der Waals surface area (Å²) < 4.78 is 0. The van der Waals surface area contributed by atoms with Crippen molar-refractivity contribution in [3.05, 3.63) is 0 Å². The molecule has 2 atom stereocenters. The second-order valence-electron chi connectivity index (χ2n) is 4.04. The van der Waals surface area contributed by atoms with Crippen molar-refractivity contribution in [2.24, 2.45) is 5.92 Å². The highest BCUT2D eigenvalue weighted by Crippen LogP contribution is 2.12. The highest BCUT2D eigenvalue weighted by molar-refractivity contribution is 5.83. The SMILES string of the molecule is CNCCCC(C)CC(NC=O)C(=O)NC. The average molecular weight is 229 g/mol. The molecule has 2 amide bonds. The van der Waals surface area contributed by atoms with E-state index in [4.69, 9.17) is 0 Å². The molecule has 0 saturated carbocycles. The Bertz CT molecular complexity index is 209. The molecule has 0 aliphatic heterocycles. The van der Waals surface area contributed by atoms with Crippen molar-refractivity contribution in [2.45, 2.75) is 32.2 Å². The number of carbonyl (C=O) groups is 2. The normalized spacial score (nSPS) is 13.9. The first-order valence-electron chi connectivity index (χ1n) is 5.71. The van der Waals surface area contributed by atoms with Gasteiger partial charge < -0.3 is 16.0 Å². The first-order valence-corrected chi connectivity index (χ1v) is 5.71. The van der Waals surface area contributed by atoms with Gasteiger partial charge in [-0.05, 0) is 38.8 Å². The maximum Gasteiger partial charge on any atom is 0.242 e. The Kier molecular flexibility index (Phi) is 8.52. The van der Waals surface area contributed by atoms with E-state index in [-0.39, 0.29) is 5.91 Å². The Morgan fingerprint density at radius 2 is 2.06 bits per heavy atom. The fraction of sp³-hybridized carbons (Fsp3) is 0.818. The van der Waals surface area contributed by atoms with Gasteiger partial charge in [0.25, 0.3) is 0 Å². The Morgan fingerprint density at radius 3 is 2.56 bits per heavy atom. The van der Waals surface area contributed by atoms with Crippen molar-refractivity contribution in [3.63, 3.8) is 0 Å². The third-order valence-electron chi connectivity index (χ3n) is 2.59. The molecule has 94 valence electrons. The minimum atomic E-state index is -0.410. The second-order valence-corrected chi connectivity index (χ2v) is 4.04. The van der Waals surface area contributed by atoms with E-state index in [0.29, 0.717) is 18.7 Å². The van der Waals surface area contributed by atoms with Gasteiger partial charge in [-0.1, -0.05) is 6.92 Å². The minimum Gasteiger partial charge on any atom is -0.357 e. The molecule has 0 heterocycles. The van der Waals surface area contributed by atoms with Gasteiger partial charge in [0.15, 0.2) is 0 Å². The van der Waals surface area contributed by atoms with Crippen LogP contribution in [0.25, 0.3) is 0 Å². The van der Waals surface area contributed by atoms with Crippen LogP contribution < -0.4 is 16.0 Å². The number of likely N-dealkylation sites (N-methyl/N-ethyl adjacent to an activating group) is 1. The number of carbonyl (C=O) groups excluding carboxylic acids is 2. The summed E-state index contributed by atoms with van der Waals surface area (Å²) in [4.78, 5) is 21.8. The highest BCUT2D eigenvalue weighted by Gasteiger charge is 2.18. The van der Waals surface area contributed by atoms with Gasteiger partial charge in [-0.3, -0.25) is 9.59 Å². The van der Waals surface area contributed by atoms with E-state index in [1.54, 1.807) is 7.05 Å². The van der Waals surface area contributed by atoms with Crippen molar-refractivity contribution >= 4 is 12.3 Å². The van der Waals surface area contributed by atoms with Gasteiger partial charge in [-0.25, -0.2) is 0 Å². The van der Waals surface area contributed by atoms with Crippen LogP contribution >= 0.6 is 0 Å². The zero-order chi connectivity index (χ0) is 12.4. The summed E-state index contributed by atoms with van der Waals surface area (Å²) >= 11 is 0. The van der Waals surface area contributed by atoms with Gasteiger partial charge >= 0.3 is 0 Å². The number of amides is 2. The summed E-state index contributed by atoms with van der Waals surface area (Å²) in [5, 5.41) is 8.18. The number of hydrogen-bond acceptors (Lipinski definition) is 3. The van der Waals surface area contributed by atoms with Crippen LogP contribution in [0, 0.1) is 5.92 Å². The first-order chi connectivity index (χ1) is 7.65. The average Bonchev–Trinajstić information content (AvgIpc) is 2.28. The van der Waals surface area contributed by atoms with Crippen molar-refractivity contribution < 1.29 is 9.59 Å². The molecule has 0 aliphatic rings. The number of hydrogen-bond donors (Lipinski definition) is 3. The van der Waals surface area contributed by atoms with E-state index in [1.807, 2.05) is 7.05 Å². The molecule has 5 nitrogen and oxygen atoms in total. The van der Waals surface area contributed by atoms with E-state index < -0.39 is 6.04 Å². The molecule has 0 aromatic rings. The van der Waals surface area contributed by atoms with Gasteiger partial charge in [-0.15, -0.1) is 0 Å². The van der Waals surface area contributed by atoms with Crippen LogP contribution in [0.1, 0.15) is 26.2 Å². The first kappa shape index (κ1) is 14.9. The summed E-state index contributed by atoms with van der Waals surface area (Å²) in [6.07, 6.45) is 3.40. The predicted molar refractivity (Wildman–Crippen MR) is 64.0 cm³/mol. The maximum absolute atomic E-state index is 11.4. The Labute approximate surface area is 97.4 Å². The molecule has 0 bridgehead atoms. The smallest absolute Gasteiger partial charge is 0.242 e. The molecular weight excluding hydrogens is 206 g/mol. The summed E-state index contributed by atoms with van der Waals surface area (Å²) in [6.45, 7) is 3.08. The number of rotatable bonds is 9. The standard InChI is InChI=1S/C11H23N3O2/c1-9(5-4-6-12-2)7-10(14-8-15)11(16)13-3/h8-10,12H,4-7H2,1-3H3,(H,13,16)(H,14,15). The van der Waals surface area contributed by atoms with Crippen LogP contribution in [0.5, 0.6) is 0 Å². The Hall–Kier alpha value is -1.10. The lowest BCUT2D eigenvalue weighted by molar-refractivity contribution is -0.125. The molecule has 0 fully saturated rings. The molecule has 0 radical (unpaired) electrons. The van der Waals surface area contributed by atoms with E-state index in [9.17, 15) is 9.59 Å². The second kappa shape index (κ2) is 9.15. The van der Waals surface area contributed by atoms with E-state index in [1.165, 1.54) is 0 Å². The Balaban J connectivity index is 3.97. The summed E-state index contributed by atoms with van der Waals surface area (Å²) in [5.41, 5.74) is 0. The maximum atomic E-state index is 11.4. The molecule has 0 saturated heterocycles. The molecule has 5 heteroatoms. The lowest BCUT2D eigenvalue weighted by Crippen LogP contribution is -2.43. The highest BCUT2D eigenvalue weighted by atomic mass is 16.2. The Morgan fingerprint density at radius 1 is 1.38 bits per heavy atom. The van der Waals surface area contributed by atoms with Gasteiger partial charge in [0, 0.05) is 7.05 Å². The zero-order valence-corrected chi connectivity index (χ0v) is 10.4. The topological polar surface area (TPSA) is 70.2 Å². The lowest BCUT2D eigenvalue weighted by Gasteiger charge is -2.19. The molecule has 0 rings (SSSR count). The molecule has 2 unspecified atom stereocenters. The third kappa shape index (κ3) is 6.40. The number of nitrogens with one attached hydrogen (secondary N) is 3. The van der Waals surface area contributed by atoms with Gasteiger partial charge in [0.1, 0.15) is 6.04 Å². The van der Waals surface area contributed by atoms with E-state index >= 15 is 0 Å². The fourth-order valence-corrected chi connectivity index (χ4v) is 1.65. The quantitative estimate of drug-likeness (QED) is 0.381. The van der Waals surface area contributed by atoms with Crippen LogP contribution in [0.15, 0.2) is 0 Å². The zero-order valence-electron chi connectivity index (χ0n) is 10.4. The summed E-state index contributed by atoms with van der Waals surface area (Å²) in [5.74, 6) is 0.288. The summed E-state index contributed by atoms with van der Waals surface area (Å²) in [6, 6.07) is -0.410. The van der Waals surface area contributed by atoms with Gasteiger partial charge in [-0.2, -0.15) is 0 Å². The van der Waals surface area contributed by atoms with Crippen molar-refractivity contribution in [2.75, 3.05) is 20.6 Å². The van der Waals surface area contributed by atoms with Crippen LogP contribution in [0.2, 0.25) is 0 Å². The van der Waals surface area contributed by atoms with Crippen LogP contribution in [-0.4, -0.2) is 39.0 Å².